The van der Waals surface area contributed by atoms with Crippen molar-refractivity contribution in [2.75, 3.05) is 0 Å². The maximum atomic E-state index is 12.9. The fourth-order valence-electron chi connectivity index (χ4n) is 1.80. The highest BCUT2D eigenvalue weighted by Gasteiger charge is 2.14. The van der Waals surface area contributed by atoms with Crippen molar-refractivity contribution in [3.05, 3.63) is 53.5 Å². The summed E-state index contributed by atoms with van der Waals surface area (Å²) in [6, 6.07) is 6.10. The van der Waals surface area contributed by atoms with Crippen LogP contribution in [0.5, 0.6) is 0 Å². The van der Waals surface area contributed by atoms with Crippen molar-refractivity contribution in [3.8, 4) is 11.3 Å². The van der Waals surface area contributed by atoms with Crippen LogP contribution in [0.4, 0.5) is 4.39 Å². The normalized spacial score (nSPS) is 11.0. The zero-order chi connectivity index (χ0) is 13.3. The molecule has 2 aromatic rings. The minimum absolute atomic E-state index is 0.186. The van der Waals surface area contributed by atoms with Gasteiger partial charge in [-0.05, 0) is 48.7 Å². The second kappa shape index (κ2) is 5.02. The molecule has 0 amide bonds. The molecule has 18 heavy (non-hydrogen) atoms. The van der Waals surface area contributed by atoms with E-state index < -0.39 is 0 Å². The molecule has 0 saturated carbocycles. The van der Waals surface area contributed by atoms with Crippen LogP contribution in [0.3, 0.4) is 0 Å². The average Bonchev–Trinajstić information content (AvgIpc) is 2.32. The van der Waals surface area contributed by atoms with E-state index in [1.54, 1.807) is 12.1 Å². The Bertz CT molecular complexity index is 565. The molecule has 4 heteroatoms. The molecule has 0 unspecified atom stereocenters. The summed E-state index contributed by atoms with van der Waals surface area (Å²) < 4.78 is 12.9. The Labute approximate surface area is 111 Å². The van der Waals surface area contributed by atoms with Gasteiger partial charge in [-0.15, -0.1) is 0 Å². The van der Waals surface area contributed by atoms with E-state index in [0.29, 0.717) is 5.69 Å². The van der Waals surface area contributed by atoms with Gasteiger partial charge >= 0.3 is 0 Å². The van der Waals surface area contributed by atoms with Gasteiger partial charge in [0.1, 0.15) is 5.82 Å². The molecule has 93 valence electrons. The lowest BCUT2D eigenvalue weighted by atomic mass is 10.00. The van der Waals surface area contributed by atoms with E-state index in [1.807, 2.05) is 13.8 Å². The molecule has 1 heterocycles. The number of rotatable bonds is 2. The Morgan fingerprint density at radius 1 is 1.17 bits per heavy atom. The maximum absolute atomic E-state index is 12.9. The molecule has 2 rings (SSSR count). The Kier molecular flexibility index (Phi) is 3.62. The Hall–Kier alpha value is -1.48. The molecule has 0 N–H and O–H groups in total. The summed E-state index contributed by atoms with van der Waals surface area (Å²) >= 11 is 5.92. The highest BCUT2D eigenvalue weighted by Crippen LogP contribution is 2.28. The molecule has 1 aromatic carbocycles. The van der Waals surface area contributed by atoms with Gasteiger partial charge in [0.05, 0.1) is 11.4 Å². The summed E-state index contributed by atoms with van der Waals surface area (Å²) in [5, 5.41) is 0.186. The van der Waals surface area contributed by atoms with Crippen molar-refractivity contribution in [1.82, 2.24) is 9.97 Å². The molecular formula is C14H13ClFN2. The topological polar surface area (TPSA) is 25.8 Å². The van der Waals surface area contributed by atoms with Crippen LogP contribution >= 0.6 is 11.6 Å². The van der Waals surface area contributed by atoms with Gasteiger partial charge in [0.2, 0.25) is 5.28 Å². The summed E-state index contributed by atoms with van der Waals surface area (Å²) in [5.74, 6) is -0.0780. The zero-order valence-corrected chi connectivity index (χ0v) is 11.0. The van der Waals surface area contributed by atoms with Gasteiger partial charge in [-0.25, -0.2) is 14.4 Å². The summed E-state index contributed by atoms with van der Waals surface area (Å²) in [5.41, 5.74) is 2.99. The monoisotopic (exact) mass is 263 g/mol. The van der Waals surface area contributed by atoms with Crippen molar-refractivity contribution in [2.45, 2.75) is 19.8 Å². The number of hydrogen-bond acceptors (Lipinski definition) is 2. The molecule has 0 saturated heterocycles. The fraction of sp³-hybridized carbons (Fsp3) is 0.214. The lowest BCUT2D eigenvalue weighted by Crippen LogP contribution is -2.02. The number of benzene rings is 1. The van der Waals surface area contributed by atoms with Gasteiger partial charge in [-0.1, -0.05) is 13.8 Å². The van der Waals surface area contributed by atoms with E-state index in [1.165, 1.54) is 12.1 Å². The summed E-state index contributed by atoms with van der Waals surface area (Å²) in [6.07, 6.45) is 0. The largest absolute Gasteiger partial charge is 0.223 e. The average molecular weight is 264 g/mol. The number of nitrogens with zero attached hydrogens (tertiary/aromatic N) is 2. The van der Waals surface area contributed by atoms with Crippen molar-refractivity contribution >= 4 is 11.6 Å². The number of aromatic nitrogens is 2. The second-order valence-corrected chi connectivity index (χ2v) is 4.70. The van der Waals surface area contributed by atoms with Crippen LogP contribution in [0.1, 0.15) is 31.0 Å². The highest BCUT2D eigenvalue weighted by atomic mass is 35.5. The van der Waals surface area contributed by atoms with E-state index in [0.717, 1.165) is 16.8 Å². The molecule has 0 fully saturated rings. The van der Waals surface area contributed by atoms with Crippen LogP contribution < -0.4 is 0 Å². The molecule has 0 aliphatic rings. The van der Waals surface area contributed by atoms with Crippen LogP contribution in [-0.2, 0) is 0 Å². The lowest BCUT2D eigenvalue weighted by molar-refractivity contribution is 0.628. The molecule has 0 aliphatic carbocycles. The van der Waals surface area contributed by atoms with Gasteiger partial charge in [0, 0.05) is 11.1 Å². The van der Waals surface area contributed by atoms with E-state index in [2.05, 4.69) is 16.9 Å². The lowest BCUT2D eigenvalue weighted by Gasteiger charge is -2.13. The smallest absolute Gasteiger partial charge is 0.222 e. The standard InChI is InChI=1S/C14H13ClFN2/c1-8(2)12-9(3)13(18-14(15)17-12)10-4-6-11(16)7-5-10/h4-8H,3H2,1-2H3. The van der Waals surface area contributed by atoms with Gasteiger partial charge in [-0.2, -0.15) is 0 Å². The first-order valence-corrected chi connectivity index (χ1v) is 6.02. The molecule has 1 radical (unpaired) electrons. The first kappa shape index (κ1) is 13.0. The van der Waals surface area contributed by atoms with Crippen LogP contribution in [0.25, 0.3) is 11.3 Å². The van der Waals surface area contributed by atoms with Gasteiger partial charge in [-0.3, -0.25) is 0 Å². The first-order valence-electron chi connectivity index (χ1n) is 5.64. The highest BCUT2D eigenvalue weighted by molar-refractivity contribution is 6.28. The first-order chi connectivity index (χ1) is 8.49. The Balaban J connectivity index is 2.60. The fourth-order valence-corrected chi connectivity index (χ4v) is 1.97. The SMILES string of the molecule is [CH2]c1c(-c2ccc(F)cc2)nc(Cl)nc1C(C)C. The van der Waals surface area contributed by atoms with Gasteiger partial charge in [0.15, 0.2) is 0 Å². The second-order valence-electron chi connectivity index (χ2n) is 4.37. The quantitative estimate of drug-likeness (QED) is 0.758. The molecule has 0 aliphatic heterocycles. The molecule has 0 atom stereocenters. The minimum Gasteiger partial charge on any atom is -0.222 e. The minimum atomic E-state index is -0.284. The number of halogens is 2. The third kappa shape index (κ3) is 2.51. The molecular weight excluding hydrogens is 251 g/mol. The third-order valence-electron chi connectivity index (χ3n) is 2.68. The predicted octanol–water partition coefficient (Wildman–Crippen LogP) is 4.24. The summed E-state index contributed by atoms with van der Waals surface area (Å²) in [7, 11) is 0. The van der Waals surface area contributed by atoms with E-state index in [9.17, 15) is 4.39 Å². The summed E-state index contributed by atoms with van der Waals surface area (Å²) in [6.45, 7) is 8.04. The van der Waals surface area contributed by atoms with Crippen molar-refractivity contribution in [3.63, 3.8) is 0 Å². The van der Waals surface area contributed by atoms with Crippen LogP contribution in [0.15, 0.2) is 24.3 Å². The van der Waals surface area contributed by atoms with E-state index in [4.69, 9.17) is 11.6 Å². The van der Waals surface area contributed by atoms with E-state index >= 15 is 0 Å². The Morgan fingerprint density at radius 2 is 1.78 bits per heavy atom. The van der Waals surface area contributed by atoms with Crippen LogP contribution in [0.2, 0.25) is 5.28 Å². The van der Waals surface area contributed by atoms with Crippen LogP contribution in [0, 0.1) is 12.7 Å². The number of hydrogen-bond donors (Lipinski definition) is 0. The Morgan fingerprint density at radius 3 is 2.33 bits per heavy atom. The molecule has 2 nitrogen and oxygen atoms in total. The maximum Gasteiger partial charge on any atom is 0.223 e. The summed E-state index contributed by atoms with van der Waals surface area (Å²) in [4.78, 5) is 8.38. The predicted molar refractivity (Wildman–Crippen MR) is 71.0 cm³/mol. The van der Waals surface area contributed by atoms with Crippen molar-refractivity contribution in [2.24, 2.45) is 0 Å². The molecule has 0 spiro atoms. The third-order valence-corrected chi connectivity index (χ3v) is 2.85. The van der Waals surface area contributed by atoms with Crippen molar-refractivity contribution in [1.29, 1.82) is 0 Å². The van der Waals surface area contributed by atoms with Crippen molar-refractivity contribution < 1.29 is 4.39 Å². The van der Waals surface area contributed by atoms with Gasteiger partial charge < -0.3 is 0 Å². The van der Waals surface area contributed by atoms with Crippen LogP contribution in [-0.4, -0.2) is 9.97 Å². The zero-order valence-electron chi connectivity index (χ0n) is 10.2. The van der Waals surface area contributed by atoms with Gasteiger partial charge in [0.25, 0.3) is 0 Å². The molecule has 1 aromatic heterocycles. The molecule has 0 bridgehead atoms. The van der Waals surface area contributed by atoms with E-state index in [-0.39, 0.29) is 17.0 Å².